The topological polar surface area (TPSA) is 132 Å². The van der Waals surface area contributed by atoms with Crippen LogP contribution in [0.5, 0.6) is 11.5 Å². The van der Waals surface area contributed by atoms with Gasteiger partial charge in [0.25, 0.3) is 0 Å². The molecule has 38 heavy (non-hydrogen) atoms. The molecular weight excluding hydrogens is 486 g/mol. The summed E-state index contributed by atoms with van der Waals surface area (Å²) in [5, 5.41) is 22.9. The highest BCUT2D eigenvalue weighted by Gasteiger charge is 2.19. The summed E-state index contributed by atoms with van der Waals surface area (Å²) in [7, 11) is 1.50. The van der Waals surface area contributed by atoms with Crippen LogP contribution in [0.25, 0.3) is 22.0 Å². The lowest BCUT2D eigenvalue weighted by atomic mass is 10.0. The van der Waals surface area contributed by atoms with E-state index in [4.69, 9.17) is 24.7 Å². The number of rotatable bonds is 10. The maximum Gasteiger partial charge on any atom is 0.310 e. The SMILES string of the molecule is CCOC(=O)Cc1ccccc1OCc1nn(C(C)C)c2ccc(-c3ccnc(C(=N)NO)c3OC)cc12. The highest BCUT2D eigenvalue weighted by Crippen LogP contribution is 2.35. The Bertz CT molecular complexity index is 1460. The number of ether oxygens (including phenoxy) is 3. The van der Waals surface area contributed by atoms with Crippen LogP contribution >= 0.6 is 0 Å². The molecule has 0 atom stereocenters. The molecule has 0 saturated heterocycles. The highest BCUT2D eigenvalue weighted by molar-refractivity contribution is 5.99. The summed E-state index contributed by atoms with van der Waals surface area (Å²) in [6, 6.07) is 15.3. The fourth-order valence-electron chi connectivity index (χ4n) is 4.29. The number of pyridine rings is 1. The van der Waals surface area contributed by atoms with E-state index in [0.717, 1.165) is 27.7 Å². The van der Waals surface area contributed by atoms with Gasteiger partial charge in [-0.25, -0.2) is 4.98 Å². The number of aromatic nitrogens is 3. The van der Waals surface area contributed by atoms with Crippen molar-refractivity contribution in [1.82, 2.24) is 20.2 Å². The molecule has 10 nitrogen and oxygen atoms in total. The number of hydrogen-bond donors (Lipinski definition) is 3. The van der Waals surface area contributed by atoms with Crippen LogP contribution in [0.15, 0.2) is 54.7 Å². The number of benzene rings is 2. The zero-order valence-corrected chi connectivity index (χ0v) is 21.8. The van der Waals surface area contributed by atoms with Crippen molar-refractivity contribution in [2.75, 3.05) is 13.7 Å². The molecule has 3 N–H and O–H groups in total. The number of carbonyl (C=O) groups excluding carboxylic acids is 1. The Morgan fingerprint density at radius 3 is 2.68 bits per heavy atom. The largest absolute Gasteiger partial charge is 0.494 e. The molecule has 0 aliphatic carbocycles. The summed E-state index contributed by atoms with van der Waals surface area (Å²) in [6.07, 6.45) is 1.68. The van der Waals surface area contributed by atoms with Gasteiger partial charge < -0.3 is 14.2 Å². The maximum absolute atomic E-state index is 12.1. The molecule has 0 aliphatic heterocycles. The number of methoxy groups -OCH3 is 1. The van der Waals surface area contributed by atoms with Crippen LogP contribution < -0.4 is 15.0 Å². The van der Waals surface area contributed by atoms with Gasteiger partial charge in [-0.15, -0.1) is 0 Å². The van der Waals surface area contributed by atoms with E-state index in [1.54, 1.807) is 19.2 Å². The number of amidine groups is 1. The average Bonchev–Trinajstić information content (AvgIpc) is 3.30. The first-order valence-corrected chi connectivity index (χ1v) is 12.3. The molecule has 0 aliphatic rings. The van der Waals surface area contributed by atoms with E-state index in [9.17, 15) is 10.0 Å². The number of fused-ring (bicyclic) bond motifs is 1. The number of hydroxylamine groups is 1. The third-order valence-electron chi connectivity index (χ3n) is 6.02. The van der Waals surface area contributed by atoms with Crippen molar-refractivity contribution in [3.63, 3.8) is 0 Å². The molecule has 198 valence electrons. The van der Waals surface area contributed by atoms with Crippen LogP contribution in [0.3, 0.4) is 0 Å². The average molecular weight is 518 g/mol. The van der Waals surface area contributed by atoms with Gasteiger partial charge in [0.05, 0.1) is 25.7 Å². The minimum absolute atomic E-state index is 0.117. The monoisotopic (exact) mass is 517 g/mol. The Labute approximate surface area is 220 Å². The van der Waals surface area contributed by atoms with Crippen molar-refractivity contribution < 1.29 is 24.2 Å². The fourth-order valence-corrected chi connectivity index (χ4v) is 4.29. The Hall–Kier alpha value is -4.44. The summed E-state index contributed by atoms with van der Waals surface area (Å²) < 4.78 is 18.8. The number of para-hydroxylation sites is 1. The molecule has 0 saturated carbocycles. The first-order chi connectivity index (χ1) is 18.4. The van der Waals surface area contributed by atoms with Crippen LogP contribution in [-0.4, -0.2) is 45.5 Å². The van der Waals surface area contributed by atoms with Crippen LogP contribution in [0.4, 0.5) is 0 Å². The highest BCUT2D eigenvalue weighted by atomic mass is 16.5. The molecule has 0 unspecified atom stereocenters. The normalized spacial score (nSPS) is 11.0. The van der Waals surface area contributed by atoms with Crippen molar-refractivity contribution in [3.05, 3.63) is 71.7 Å². The smallest absolute Gasteiger partial charge is 0.310 e. The predicted molar refractivity (Wildman–Crippen MR) is 143 cm³/mol. The van der Waals surface area contributed by atoms with Crippen LogP contribution in [0.2, 0.25) is 0 Å². The van der Waals surface area contributed by atoms with Crippen molar-refractivity contribution in [3.8, 4) is 22.6 Å². The van der Waals surface area contributed by atoms with Gasteiger partial charge in [0, 0.05) is 28.8 Å². The molecule has 2 aromatic heterocycles. The van der Waals surface area contributed by atoms with Crippen LogP contribution in [0, 0.1) is 5.41 Å². The summed E-state index contributed by atoms with van der Waals surface area (Å²) in [5.74, 6) is 0.380. The molecule has 0 spiro atoms. The standard InChI is InChI=1S/C28H31N5O5/c1-5-37-25(34)15-19-8-6-7-9-24(19)38-16-22-21-14-18(10-11-23(21)33(31-22)17(2)3)20-12-13-30-26(27(20)36-4)28(29)32-35/h6-14,17,35H,5,15-16H2,1-4H3,(H2,29,32). The lowest BCUT2D eigenvalue weighted by Crippen LogP contribution is -2.21. The minimum atomic E-state index is -0.308. The van der Waals surface area contributed by atoms with E-state index in [1.165, 1.54) is 7.11 Å². The predicted octanol–water partition coefficient (Wildman–Crippen LogP) is 4.68. The Kier molecular flexibility index (Phi) is 8.22. The lowest BCUT2D eigenvalue weighted by molar-refractivity contribution is -0.142. The van der Waals surface area contributed by atoms with Gasteiger partial charge in [-0.1, -0.05) is 24.3 Å². The molecule has 0 amide bonds. The van der Waals surface area contributed by atoms with Crippen LogP contribution in [0.1, 0.15) is 43.8 Å². The number of carbonyl (C=O) groups is 1. The molecular formula is C28H31N5O5. The van der Waals surface area contributed by atoms with Gasteiger partial charge in [0.2, 0.25) is 0 Å². The number of nitrogens with zero attached hydrogens (tertiary/aromatic N) is 3. The zero-order valence-electron chi connectivity index (χ0n) is 21.8. The van der Waals surface area contributed by atoms with E-state index in [1.807, 2.05) is 52.6 Å². The first-order valence-electron chi connectivity index (χ1n) is 12.3. The van der Waals surface area contributed by atoms with Crippen molar-refractivity contribution in [1.29, 1.82) is 5.41 Å². The van der Waals surface area contributed by atoms with Gasteiger partial charge in [-0.2, -0.15) is 5.10 Å². The number of esters is 1. The van der Waals surface area contributed by atoms with Gasteiger partial charge in [0.15, 0.2) is 11.6 Å². The first kappa shape index (κ1) is 26.6. The molecule has 0 radical (unpaired) electrons. The Balaban J connectivity index is 1.73. The number of nitrogens with one attached hydrogen (secondary N) is 2. The van der Waals surface area contributed by atoms with Gasteiger partial charge >= 0.3 is 5.97 Å². The molecule has 2 heterocycles. The van der Waals surface area contributed by atoms with Crippen LogP contribution in [-0.2, 0) is 22.6 Å². The summed E-state index contributed by atoms with van der Waals surface area (Å²) in [5.41, 5.74) is 5.98. The number of hydrogen-bond acceptors (Lipinski definition) is 8. The van der Waals surface area contributed by atoms with Crippen molar-refractivity contribution >= 4 is 22.7 Å². The Morgan fingerprint density at radius 1 is 1.18 bits per heavy atom. The molecule has 0 bridgehead atoms. The molecule has 10 heteroatoms. The minimum Gasteiger partial charge on any atom is -0.494 e. The second kappa shape index (κ2) is 11.7. The fraction of sp³-hybridized carbons (Fsp3) is 0.286. The third-order valence-corrected chi connectivity index (χ3v) is 6.02. The van der Waals surface area contributed by atoms with E-state index in [-0.39, 0.29) is 36.6 Å². The van der Waals surface area contributed by atoms with E-state index in [0.29, 0.717) is 23.7 Å². The Morgan fingerprint density at radius 2 is 1.97 bits per heavy atom. The molecule has 2 aromatic carbocycles. The van der Waals surface area contributed by atoms with Crippen molar-refractivity contribution in [2.24, 2.45) is 0 Å². The van der Waals surface area contributed by atoms with Gasteiger partial charge in [-0.05, 0) is 50.6 Å². The van der Waals surface area contributed by atoms with E-state index >= 15 is 0 Å². The van der Waals surface area contributed by atoms with E-state index in [2.05, 4.69) is 18.8 Å². The zero-order chi connectivity index (χ0) is 27.2. The third kappa shape index (κ3) is 5.45. The quantitative estimate of drug-likeness (QED) is 0.120. The van der Waals surface area contributed by atoms with Gasteiger partial charge in [-0.3, -0.25) is 25.6 Å². The second-order valence-electron chi connectivity index (χ2n) is 8.82. The van der Waals surface area contributed by atoms with Gasteiger partial charge in [0.1, 0.15) is 23.7 Å². The maximum atomic E-state index is 12.1. The summed E-state index contributed by atoms with van der Waals surface area (Å²) in [6.45, 7) is 6.42. The van der Waals surface area contributed by atoms with E-state index < -0.39 is 0 Å². The molecule has 0 fully saturated rings. The van der Waals surface area contributed by atoms with Crippen molar-refractivity contribution in [2.45, 2.75) is 39.8 Å². The summed E-state index contributed by atoms with van der Waals surface area (Å²) >= 11 is 0. The summed E-state index contributed by atoms with van der Waals surface area (Å²) in [4.78, 5) is 16.2. The lowest BCUT2D eigenvalue weighted by Gasteiger charge is -2.13. The molecule has 4 rings (SSSR count). The second-order valence-corrected chi connectivity index (χ2v) is 8.82. The molecule has 4 aromatic rings.